The first-order chi connectivity index (χ1) is 14.8. The van der Waals surface area contributed by atoms with Gasteiger partial charge in [0.2, 0.25) is 0 Å². The predicted molar refractivity (Wildman–Crippen MR) is 120 cm³/mol. The van der Waals surface area contributed by atoms with E-state index in [1.807, 2.05) is 49.4 Å². The summed E-state index contributed by atoms with van der Waals surface area (Å²) in [6.07, 6.45) is 0. The third-order valence-electron chi connectivity index (χ3n) is 5.47. The Balaban J connectivity index is 1.84. The minimum absolute atomic E-state index is 0.130. The van der Waals surface area contributed by atoms with Gasteiger partial charge in [0.05, 0.1) is 17.1 Å². The normalized spacial score (nSPS) is 15.4. The third-order valence-corrected chi connectivity index (χ3v) is 6.53. The number of hydrogen-bond acceptors (Lipinski definition) is 6. The Morgan fingerprint density at radius 2 is 1.77 bits per heavy atom. The molecule has 3 aromatic rings. The number of carbonyl (C=O) groups excluding carboxylic acids is 1. The van der Waals surface area contributed by atoms with Crippen LogP contribution in [0, 0.1) is 6.92 Å². The molecule has 7 nitrogen and oxygen atoms in total. The van der Waals surface area contributed by atoms with Gasteiger partial charge in [0.25, 0.3) is 5.56 Å². The Morgan fingerprint density at radius 3 is 2.42 bits per heavy atom. The molecule has 8 heteroatoms. The second kappa shape index (κ2) is 8.03. The lowest BCUT2D eigenvalue weighted by atomic mass is 9.86. The fourth-order valence-electron chi connectivity index (χ4n) is 3.85. The highest BCUT2D eigenvalue weighted by Gasteiger charge is 2.38. The highest BCUT2D eigenvalue weighted by Crippen LogP contribution is 2.42. The van der Waals surface area contributed by atoms with Crippen LogP contribution in [0.5, 0.6) is 0 Å². The lowest BCUT2D eigenvalue weighted by molar-refractivity contribution is -0.140. The second-order valence-electron chi connectivity index (χ2n) is 7.57. The van der Waals surface area contributed by atoms with E-state index in [2.05, 4.69) is 5.32 Å². The van der Waals surface area contributed by atoms with Crippen molar-refractivity contribution in [2.45, 2.75) is 26.4 Å². The first kappa shape index (κ1) is 20.9. The molecule has 1 aromatic carbocycles. The van der Waals surface area contributed by atoms with Crippen LogP contribution in [0.2, 0.25) is 0 Å². The number of carbonyl (C=O) groups is 1. The lowest BCUT2D eigenvalue weighted by Crippen LogP contribution is -2.43. The zero-order valence-corrected chi connectivity index (χ0v) is 18.6. The molecule has 1 N–H and O–H groups in total. The molecule has 1 aliphatic rings. The van der Waals surface area contributed by atoms with Crippen LogP contribution in [0.25, 0.3) is 0 Å². The van der Waals surface area contributed by atoms with Crippen LogP contribution in [-0.2, 0) is 30.2 Å². The van der Waals surface area contributed by atoms with Gasteiger partial charge < -0.3 is 10.1 Å². The van der Waals surface area contributed by atoms with Crippen molar-refractivity contribution in [1.82, 2.24) is 9.13 Å². The molecule has 0 radical (unpaired) electrons. The van der Waals surface area contributed by atoms with E-state index in [1.165, 1.54) is 23.0 Å². The summed E-state index contributed by atoms with van der Waals surface area (Å²) in [6.45, 7) is 3.86. The maximum atomic E-state index is 13.2. The van der Waals surface area contributed by atoms with Gasteiger partial charge in [-0.05, 0) is 31.5 Å². The van der Waals surface area contributed by atoms with E-state index >= 15 is 0 Å². The fraction of sp³-hybridized carbons (Fsp3) is 0.261. The van der Waals surface area contributed by atoms with Crippen LogP contribution in [0.4, 0.5) is 5.82 Å². The number of hydrogen-bond donors (Lipinski definition) is 1. The molecular weight excluding hydrogens is 414 g/mol. The maximum absolute atomic E-state index is 13.2. The highest BCUT2D eigenvalue weighted by molar-refractivity contribution is 7.12. The summed E-state index contributed by atoms with van der Waals surface area (Å²) < 4.78 is 8.10. The van der Waals surface area contributed by atoms with Crippen molar-refractivity contribution in [2.75, 3.05) is 5.32 Å². The second-order valence-corrected chi connectivity index (χ2v) is 8.89. The van der Waals surface area contributed by atoms with E-state index in [0.717, 1.165) is 19.9 Å². The molecule has 0 bridgehead atoms. The van der Waals surface area contributed by atoms with Gasteiger partial charge in [-0.1, -0.05) is 30.3 Å². The molecular formula is C23H23N3O4S. The van der Waals surface area contributed by atoms with Crippen molar-refractivity contribution >= 4 is 23.1 Å². The Labute approximate surface area is 183 Å². The SMILES string of the molecule is CC1=C(C(=O)OCc2ccccc2)C(c2ccc(C)s2)c2c(n(C)c(=O)n(C)c2=O)N1. The number of esters is 1. The lowest BCUT2D eigenvalue weighted by Gasteiger charge is -2.30. The van der Waals surface area contributed by atoms with Gasteiger partial charge in [-0.3, -0.25) is 13.9 Å². The maximum Gasteiger partial charge on any atom is 0.337 e. The van der Waals surface area contributed by atoms with E-state index in [4.69, 9.17) is 4.74 Å². The highest BCUT2D eigenvalue weighted by atomic mass is 32.1. The summed E-state index contributed by atoms with van der Waals surface area (Å²) in [5.41, 5.74) is 1.32. The molecule has 1 aliphatic heterocycles. The fourth-order valence-corrected chi connectivity index (χ4v) is 4.85. The number of allylic oxidation sites excluding steroid dienone is 1. The monoisotopic (exact) mass is 437 g/mol. The van der Waals surface area contributed by atoms with E-state index < -0.39 is 23.1 Å². The van der Waals surface area contributed by atoms with Gasteiger partial charge in [0.1, 0.15) is 12.4 Å². The molecule has 1 atom stereocenters. The van der Waals surface area contributed by atoms with E-state index in [1.54, 1.807) is 14.0 Å². The molecule has 0 saturated heterocycles. The molecule has 0 fully saturated rings. The average molecular weight is 438 g/mol. The van der Waals surface area contributed by atoms with Crippen molar-refractivity contribution in [1.29, 1.82) is 0 Å². The summed E-state index contributed by atoms with van der Waals surface area (Å²) in [6, 6.07) is 13.3. The van der Waals surface area contributed by atoms with Gasteiger partial charge in [-0.25, -0.2) is 9.59 Å². The van der Waals surface area contributed by atoms with Crippen LogP contribution in [0.15, 0.2) is 63.3 Å². The van der Waals surface area contributed by atoms with Crippen molar-refractivity contribution < 1.29 is 9.53 Å². The summed E-state index contributed by atoms with van der Waals surface area (Å²) >= 11 is 1.51. The molecule has 160 valence electrons. The minimum atomic E-state index is -0.622. The number of ether oxygens (including phenoxy) is 1. The summed E-state index contributed by atoms with van der Waals surface area (Å²) in [4.78, 5) is 40.8. The number of rotatable bonds is 4. The van der Waals surface area contributed by atoms with Gasteiger partial charge in [-0.15, -0.1) is 11.3 Å². The molecule has 4 rings (SSSR count). The third kappa shape index (κ3) is 3.63. The predicted octanol–water partition coefficient (Wildman–Crippen LogP) is 3.03. The van der Waals surface area contributed by atoms with Gasteiger partial charge in [-0.2, -0.15) is 0 Å². The molecule has 0 amide bonds. The van der Waals surface area contributed by atoms with Crippen LogP contribution in [0.1, 0.15) is 33.7 Å². The van der Waals surface area contributed by atoms with Gasteiger partial charge in [0.15, 0.2) is 0 Å². The largest absolute Gasteiger partial charge is 0.457 e. The van der Waals surface area contributed by atoms with E-state index in [0.29, 0.717) is 22.7 Å². The molecule has 3 heterocycles. The molecule has 0 saturated carbocycles. The zero-order chi connectivity index (χ0) is 22.3. The molecule has 31 heavy (non-hydrogen) atoms. The number of nitrogens with one attached hydrogen (secondary N) is 1. The van der Waals surface area contributed by atoms with Crippen molar-refractivity contribution in [3.63, 3.8) is 0 Å². The average Bonchev–Trinajstić information content (AvgIpc) is 3.20. The standard InChI is InChI=1S/C23H23N3O4S/c1-13-10-11-16(31-13)18-17(22(28)30-12-15-8-6-5-7-9-15)14(2)24-20-19(18)21(27)26(4)23(29)25(20)3/h5-11,18,24H,12H2,1-4H3. The number of thiophene rings is 1. The van der Waals surface area contributed by atoms with Crippen LogP contribution in [0.3, 0.4) is 0 Å². The Morgan fingerprint density at radius 1 is 1.06 bits per heavy atom. The van der Waals surface area contributed by atoms with Crippen molar-refractivity contribution in [3.05, 3.63) is 95.5 Å². The van der Waals surface area contributed by atoms with Crippen LogP contribution >= 0.6 is 11.3 Å². The number of aromatic nitrogens is 2. The zero-order valence-electron chi connectivity index (χ0n) is 17.8. The quantitative estimate of drug-likeness (QED) is 0.635. The molecule has 1 unspecified atom stereocenters. The number of nitrogens with zero attached hydrogens (tertiary/aromatic N) is 2. The molecule has 0 aliphatic carbocycles. The molecule has 2 aromatic heterocycles. The van der Waals surface area contributed by atoms with E-state index in [-0.39, 0.29) is 6.61 Å². The first-order valence-electron chi connectivity index (χ1n) is 9.84. The number of fused-ring (bicyclic) bond motifs is 1. The topological polar surface area (TPSA) is 82.3 Å². The minimum Gasteiger partial charge on any atom is -0.457 e. The first-order valence-corrected chi connectivity index (χ1v) is 10.7. The molecule has 0 spiro atoms. The van der Waals surface area contributed by atoms with Crippen LogP contribution < -0.4 is 16.6 Å². The smallest absolute Gasteiger partial charge is 0.337 e. The van der Waals surface area contributed by atoms with Crippen molar-refractivity contribution in [2.24, 2.45) is 14.1 Å². The summed E-state index contributed by atoms with van der Waals surface area (Å²) in [5, 5.41) is 3.11. The summed E-state index contributed by atoms with van der Waals surface area (Å²) in [7, 11) is 3.05. The number of benzene rings is 1. The van der Waals surface area contributed by atoms with Crippen LogP contribution in [-0.4, -0.2) is 15.1 Å². The number of anilines is 1. The Kier molecular flexibility index (Phi) is 5.41. The Hall–Kier alpha value is -3.39. The van der Waals surface area contributed by atoms with E-state index in [9.17, 15) is 14.4 Å². The van der Waals surface area contributed by atoms with Crippen molar-refractivity contribution in [3.8, 4) is 0 Å². The summed E-state index contributed by atoms with van der Waals surface area (Å²) in [5.74, 6) is -0.712. The van der Waals surface area contributed by atoms with Gasteiger partial charge >= 0.3 is 11.7 Å². The number of aryl methyl sites for hydroxylation is 1. The Bertz CT molecular complexity index is 1310. The van der Waals surface area contributed by atoms with Gasteiger partial charge in [0, 0.05) is 29.5 Å².